The number of anilines is 1. The van der Waals surface area contributed by atoms with Crippen LogP contribution >= 0.6 is 23.2 Å². The number of carbonyl (C=O) groups excluding carboxylic acids is 2. The Morgan fingerprint density at radius 1 is 1.10 bits per heavy atom. The standard InChI is InChI=1S/C20H11Cl2F2N3O2/c21-11-4-2-1-3-10(11)17-15-14(5-6-25-18(15)20(29)27-17)26-19(28)9-7-12(22)16(24)13(23)8-9/h1-8,17H,(H,27,29)(H,25,26,28). The molecule has 1 unspecified atom stereocenters. The number of hydrogen-bond donors (Lipinski definition) is 2. The highest BCUT2D eigenvalue weighted by Gasteiger charge is 2.35. The van der Waals surface area contributed by atoms with Crippen molar-refractivity contribution < 1.29 is 18.4 Å². The van der Waals surface area contributed by atoms with Gasteiger partial charge in [0, 0.05) is 22.3 Å². The van der Waals surface area contributed by atoms with Gasteiger partial charge >= 0.3 is 0 Å². The van der Waals surface area contributed by atoms with Gasteiger partial charge in [-0.1, -0.05) is 41.4 Å². The third-order valence-corrected chi connectivity index (χ3v) is 5.10. The van der Waals surface area contributed by atoms with Gasteiger partial charge in [0.2, 0.25) is 0 Å². The molecular formula is C20H11Cl2F2N3O2. The zero-order chi connectivity index (χ0) is 20.7. The zero-order valence-corrected chi connectivity index (χ0v) is 16.0. The number of fused-ring (bicyclic) bond motifs is 1. The fourth-order valence-corrected chi connectivity index (χ4v) is 3.60. The molecule has 1 aromatic heterocycles. The monoisotopic (exact) mass is 433 g/mol. The molecule has 3 aromatic rings. The van der Waals surface area contributed by atoms with Crippen LogP contribution in [-0.4, -0.2) is 16.8 Å². The third-order valence-electron chi connectivity index (χ3n) is 4.48. The minimum Gasteiger partial charge on any atom is -0.340 e. The lowest BCUT2D eigenvalue weighted by Crippen LogP contribution is -2.21. The number of hydrogen-bond acceptors (Lipinski definition) is 3. The smallest absolute Gasteiger partial charge is 0.271 e. The maximum Gasteiger partial charge on any atom is 0.271 e. The van der Waals surface area contributed by atoms with Crippen molar-refractivity contribution in [1.29, 1.82) is 0 Å². The minimum atomic E-state index is -1.24. The molecule has 0 fully saturated rings. The Labute approximate surface area is 173 Å². The molecule has 5 nitrogen and oxygen atoms in total. The molecule has 4 rings (SSSR count). The van der Waals surface area contributed by atoms with Crippen LogP contribution in [-0.2, 0) is 0 Å². The van der Waals surface area contributed by atoms with E-state index in [2.05, 4.69) is 15.6 Å². The minimum absolute atomic E-state index is 0.135. The van der Waals surface area contributed by atoms with Gasteiger partial charge in [0.1, 0.15) is 5.69 Å². The van der Waals surface area contributed by atoms with Gasteiger partial charge in [0.15, 0.2) is 11.6 Å². The summed E-state index contributed by atoms with van der Waals surface area (Å²) in [5, 5.41) is 5.31. The van der Waals surface area contributed by atoms with E-state index in [-0.39, 0.29) is 16.9 Å². The van der Waals surface area contributed by atoms with Crippen LogP contribution in [0.1, 0.15) is 38.0 Å². The van der Waals surface area contributed by atoms with Crippen molar-refractivity contribution in [2.24, 2.45) is 0 Å². The number of carbonyl (C=O) groups is 2. The number of pyridine rings is 1. The van der Waals surface area contributed by atoms with E-state index in [9.17, 15) is 18.4 Å². The summed E-state index contributed by atoms with van der Waals surface area (Å²) < 4.78 is 27.0. The lowest BCUT2D eigenvalue weighted by atomic mass is 9.99. The molecule has 0 bridgehead atoms. The second-order valence-electron chi connectivity index (χ2n) is 6.26. The number of nitrogens with zero attached hydrogens (tertiary/aromatic N) is 1. The Bertz CT molecular complexity index is 1150. The fourth-order valence-electron chi connectivity index (χ4n) is 3.15. The highest BCUT2D eigenvalue weighted by Crippen LogP contribution is 2.38. The third kappa shape index (κ3) is 3.43. The van der Waals surface area contributed by atoms with E-state index >= 15 is 0 Å². The molecule has 0 saturated heterocycles. The molecular weight excluding hydrogens is 423 g/mol. The van der Waals surface area contributed by atoms with Gasteiger partial charge < -0.3 is 10.6 Å². The SMILES string of the molecule is O=C(Nc1ccnc2c1C(c1ccccc1Cl)NC2=O)c1cc(F)c(F)c(Cl)c1. The normalized spacial score (nSPS) is 15.0. The summed E-state index contributed by atoms with van der Waals surface area (Å²) in [6.45, 7) is 0. The average Bonchev–Trinajstić information content (AvgIpc) is 3.03. The first-order valence-corrected chi connectivity index (χ1v) is 9.12. The van der Waals surface area contributed by atoms with Gasteiger partial charge in [-0.3, -0.25) is 14.6 Å². The molecule has 1 aliphatic heterocycles. The fraction of sp³-hybridized carbons (Fsp3) is 0.0500. The van der Waals surface area contributed by atoms with Gasteiger partial charge in [0.05, 0.1) is 16.8 Å². The van der Waals surface area contributed by atoms with Crippen molar-refractivity contribution in [3.05, 3.63) is 92.7 Å². The highest BCUT2D eigenvalue weighted by atomic mass is 35.5. The van der Waals surface area contributed by atoms with Crippen molar-refractivity contribution in [2.75, 3.05) is 5.32 Å². The maximum absolute atomic E-state index is 13.6. The topological polar surface area (TPSA) is 71.1 Å². The van der Waals surface area contributed by atoms with Gasteiger partial charge in [-0.25, -0.2) is 8.78 Å². The van der Waals surface area contributed by atoms with Crippen molar-refractivity contribution in [3.8, 4) is 0 Å². The Kier molecular flexibility index (Phi) is 4.94. The molecule has 29 heavy (non-hydrogen) atoms. The number of nitrogens with one attached hydrogen (secondary N) is 2. The van der Waals surface area contributed by atoms with Crippen LogP contribution in [0.2, 0.25) is 10.0 Å². The predicted molar refractivity (Wildman–Crippen MR) is 104 cm³/mol. The van der Waals surface area contributed by atoms with E-state index < -0.39 is 34.5 Å². The van der Waals surface area contributed by atoms with E-state index in [1.54, 1.807) is 24.3 Å². The summed E-state index contributed by atoms with van der Waals surface area (Å²) in [5.41, 5.74) is 1.29. The molecule has 0 radical (unpaired) electrons. The van der Waals surface area contributed by atoms with E-state index in [1.165, 1.54) is 12.3 Å². The molecule has 0 aliphatic carbocycles. The van der Waals surface area contributed by atoms with E-state index in [0.717, 1.165) is 12.1 Å². The largest absolute Gasteiger partial charge is 0.340 e. The van der Waals surface area contributed by atoms with Gasteiger partial charge in [-0.05, 0) is 29.8 Å². The van der Waals surface area contributed by atoms with Crippen LogP contribution < -0.4 is 10.6 Å². The summed E-state index contributed by atoms with van der Waals surface area (Å²) in [5.74, 6) is -3.62. The lowest BCUT2D eigenvalue weighted by molar-refractivity contribution is 0.0955. The van der Waals surface area contributed by atoms with Crippen molar-refractivity contribution in [2.45, 2.75) is 6.04 Å². The average molecular weight is 434 g/mol. The van der Waals surface area contributed by atoms with E-state index in [4.69, 9.17) is 23.2 Å². The summed E-state index contributed by atoms with van der Waals surface area (Å²) in [6.07, 6.45) is 1.36. The second kappa shape index (κ2) is 7.42. The Balaban J connectivity index is 1.75. The Hall–Kier alpha value is -3.03. The predicted octanol–water partition coefficient (Wildman–Crippen LogP) is 4.75. The van der Waals surface area contributed by atoms with Gasteiger partial charge in [-0.15, -0.1) is 0 Å². The number of benzene rings is 2. The summed E-state index contributed by atoms with van der Waals surface area (Å²) >= 11 is 11.9. The number of aromatic nitrogens is 1. The Morgan fingerprint density at radius 3 is 2.59 bits per heavy atom. The molecule has 0 saturated carbocycles. The van der Waals surface area contributed by atoms with Gasteiger partial charge in [0.25, 0.3) is 11.8 Å². The van der Waals surface area contributed by atoms with Crippen molar-refractivity contribution >= 4 is 40.7 Å². The van der Waals surface area contributed by atoms with Gasteiger partial charge in [-0.2, -0.15) is 0 Å². The van der Waals surface area contributed by atoms with Crippen molar-refractivity contribution in [1.82, 2.24) is 10.3 Å². The first kappa shape index (κ1) is 19.3. The summed E-state index contributed by atoms with van der Waals surface area (Å²) in [4.78, 5) is 29.1. The van der Waals surface area contributed by atoms with Crippen LogP contribution in [0.15, 0.2) is 48.7 Å². The Morgan fingerprint density at radius 2 is 1.86 bits per heavy atom. The van der Waals surface area contributed by atoms with Crippen LogP contribution in [0.3, 0.4) is 0 Å². The molecule has 2 aromatic carbocycles. The highest BCUT2D eigenvalue weighted by molar-refractivity contribution is 6.31. The quantitative estimate of drug-likeness (QED) is 0.585. The van der Waals surface area contributed by atoms with Crippen LogP contribution in [0, 0.1) is 11.6 Å². The number of halogens is 4. The zero-order valence-electron chi connectivity index (χ0n) is 14.5. The molecule has 1 aliphatic rings. The molecule has 1 atom stereocenters. The summed E-state index contributed by atoms with van der Waals surface area (Å²) in [7, 11) is 0. The van der Waals surface area contributed by atoms with Crippen LogP contribution in [0.5, 0.6) is 0 Å². The van der Waals surface area contributed by atoms with Crippen molar-refractivity contribution in [3.63, 3.8) is 0 Å². The molecule has 9 heteroatoms. The van der Waals surface area contributed by atoms with Crippen LogP contribution in [0.4, 0.5) is 14.5 Å². The first-order chi connectivity index (χ1) is 13.9. The second-order valence-corrected chi connectivity index (χ2v) is 7.07. The molecule has 2 N–H and O–H groups in total. The maximum atomic E-state index is 13.6. The van der Waals surface area contributed by atoms with E-state index in [0.29, 0.717) is 16.1 Å². The molecule has 0 spiro atoms. The molecule has 2 heterocycles. The number of amides is 2. The lowest BCUT2D eigenvalue weighted by Gasteiger charge is -2.17. The summed E-state index contributed by atoms with van der Waals surface area (Å²) in [6, 6.07) is 9.57. The van der Waals surface area contributed by atoms with Crippen LogP contribution in [0.25, 0.3) is 0 Å². The molecule has 2 amide bonds. The van der Waals surface area contributed by atoms with E-state index in [1.807, 2.05) is 0 Å². The number of rotatable bonds is 3. The molecule has 146 valence electrons. The first-order valence-electron chi connectivity index (χ1n) is 8.37.